The average molecular weight is 489 g/mol. The molecule has 0 saturated heterocycles. The van der Waals surface area contributed by atoms with Gasteiger partial charge in [-0.15, -0.1) is 0 Å². The third kappa shape index (κ3) is 3.56. The molecule has 0 amide bonds. The number of halogens is 2. The van der Waals surface area contributed by atoms with Gasteiger partial charge in [-0.2, -0.15) is 5.10 Å². The maximum atomic E-state index is 14.9. The molecule has 0 bridgehead atoms. The summed E-state index contributed by atoms with van der Waals surface area (Å²) in [6.45, 7) is 0.842. The number of ether oxygens (including phenoxy) is 2. The maximum absolute atomic E-state index is 14.9. The molecule has 1 atom stereocenters. The van der Waals surface area contributed by atoms with Crippen molar-refractivity contribution in [1.29, 1.82) is 0 Å². The highest BCUT2D eigenvalue weighted by Crippen LogP contribution is 2.37. The topological polar surface area (TPSA) is 83.5 Å². The molecule has 4 aromatic rings. The van der Waals surface area contributed by atoms with Crippen LogP contribution in [-0.2, 0) is 22.7 Å². The van der Waals surface area contributed by atoms with E-state index < -0.39 is 11.6 Å². The maximum Gasteiger partial charge on any atom is 0.265 e. The van der Waals surface area contributed by atoms with E-state index in [9.17, 15) is 13.6 Å². The lowest BCUT2D eigenvalue weighted by atomic mass is 10.0. The van der Waals surface area contributed by atoms with Gasteiger partial charge in [-0.25, -0.2) is 23.1 Å². The fourth-order valence-electron chi connectivity index (χ4n) is 4.82. The third-order valence-electron chi connectivity index (χ3n) is 6.87. The Labute approximate surface area is 203 Å². The molecule has 7 rings (SSSR count). The Bertz CT molecular complexity index is 1620. The van der Waals surface area contributed by atoms with E-state index in [1.54, 1.807) is 6.07 Å². The Kier molecular flexibility index (Phi) is 4.87. The molecular formula is C26H21F2N5O3. The van der Waals surface area contributed by atoms with Crippen LogP contribution >= 0.6 is 0 Å². The summed E-state index contributed by atoms with van der Waals surface area (Å²) in [5.74, 6) is -1.45. The van der Waals surface area contributed by atoms with Crippen LogP contribution in [0.1, 0.15) is 53.9 Å². The van der Waals surface area contributed by atoms with E-state index in [0.717, 1.165) is 36.1 Å². The first-order chi connectivity index (χ1) is 17.5. The van der Waals surface area contributed by atoms with Crippen LogP contribution in [0.15, 0.2) is 47.5 Å². The van der Waals surface area contributed by atoms with Crippen molar-refractivity contribution in [2.45, 2.75) is 44.6 Å². The van der Waals surface area contributed by atoms with Crippen molar-refractivity contribution >= 4 is 11.2 Å². The van der Waals surface area contributed by atoms with Gasteiger partial charge in [0.25, 0.3) is 5.56 Å². The molecular weight excluding hydrogens is 468 g/mol. The van der Waals surface area contributed by atoms with Gasteiger partial charge in [-0.05, 0) is 43.0 Å². The molecule has 0 spiro atoms. The molecule has 182 valence electrons. The van der Waals surface area contributed by atoms with Crippen LogP contribution in [0.25, 0.3) is 22.6 Å². The number of rotatable bonds is 4. The van der Waals surface area contributed by atoms with Crippen LogP contribution in [0.5, 0.6) is 0 Å². The number of hydrogen-bond acceptors (Lipinski definition) is 6. The second-order valence-electron chi connectivity index (χ2n) is 9.34. The Balaban J connectivity index is 1.40. The first-order valence-corrected chi connectivity index (χ1v) is 11.9. The minimum absolute atomic E-state index is 0.0148. The zero-order chi connectivity index (χ0) is 24.4. The molecule has 36 heavy (non-hydrogen) atoms. The fraction of sp³-hybridized carbons (Fsp3) is 0.308. The molecule has 1 unspecified atom stereocenters. The fourth-order valence-corrected chi connectivity index (χ4v) is 4.82. The highest BCUT2D eigenvalue weighted by Gasteiger charge is 2.27. The molecule has 1 saturated carbocycles. The predicted octanol–water partition coefficient (Wildman–Crippen LogP) is 4.14. The smallest absolute Gasteiger partial charge is 0.265 e. The molecule has 1 aliphatic carbocycles. The largest absolute Gasteiger partial charge is 0.370 e. The first kappa shape index (κ1) is 21.5. The lowest BCUT2D eigenvalue weighted by molar-refractivity contribution is 0.0826. The Hall–Kier alpha value is -3.76. The monoisotopic (exact) mass is 489 g/mol. The van der Waals surface area contributed by atoms with Gasteiger partial charge in [0.05, 0.1) is 54.6 Å². The SMILES string of the molecule is O=c1c2c(nc3cc(C4=CC(c5cnn(C6CC6)c5)OCC4)nc(-c4ccc(F)cc4F)n13)COC2. The summed E-state index contributed by atoms with van der Waals surface area (Å²) in [5.41, 5.74) is 3.37. The average Bonchev–Trinajstić information content (AvgIpc) is 3.41. The van der Waals surface area contributed by atoms with Crippen molar-refractivity contribution in [3.8, 4) is 11.4 Å². The normalized spacial score (nSPS) is 19.5. The zero-order valence-electron chi connectivity index (χ0n) is 19.2. The van der Waals surface area contributed by atoms with E-state index in [-0.39, 0.29) is 36.3 Å². The number of nitrogens with zero attached hydrogens (tertiary/aromatic N) is 5. The predicted molar refractivity (Wildman–Crippen MR) is 125 cm³/mol. The molecule has 1 fully saturated rings. The van der Waals surface area contributed by atoms with E-state index in [2.05, 4.69) is 10.1 Å². The zero-order valence-corrected chi connectivity index (χ0v) is 19.2. The summed E-state index contributed by atoms with van der Waals surface area (Å²) in [6, 6.07) is 5.42. The Morgan fingerprint density at radius 1 is 1.08 bits per heavy atom. The minimum Gasteiger partial charge on any atom is -0.370 e. The molecule has 3 aromatic heterocycles. The van der Waals surface area contributed by atoms with Gasteiger partial charge >= 0.3 is 0 Å². The van der Waals surface area contributed by atoms with Crippen LogP contribution in [0.3, 0.4) is 0 Å². The molecule has 1 aromatic carbocycles. The lowest BCUT2D eigenvalue weighted by Crippen LogP contribution is -2.23. The van der Waals surface area contributed by atoms with Gasteiger partial charge in [0.2, 0.25) is 0 Å². The molecule has 3 aliphatic rings. The molecule has 10 heteroatoms. The summed E-state index contributed by atoms with van der Waals surface area (Å²) < 4.78 is 43.3. The molecule has 0 N–H and O–H groups in total. The molecule has 8 nitrogen and oxygen atoms in total. The van der Waals surface area contributed by atoms with Gasteiger partial charge in [-0.1, -0.05) is 0 Å². The van der Waals surface area contributed by atoms with Crippen molar-refractivity contribution in [1.82, 2.24) is 24.1 Å². The van der Waals surface area contributed by atoms with E-state index in [4.69, 9.17) is 14.5 Å². The Morgan fingerprint density at radius 3 is 2.81 bits per heavy atom. The summed E-state index contributed by atoms with van der Waals surface area (Å²) >= 11 is 0. The molecule has 0 radical (unpaired) electrons. The molecule has 2 aliphatic heterocycles. The molecule has 5 heterocycles. The van der Waals surface area contributed by atoms with Crippen molar-refractivity contribution in [3.63, 3.8) is 0 Å². The third-order valence-corrected chi connectivity index (χ3v) is 6.87. The van der Waals surface area contributed by atoms with Crippen molar-refractivity contribution < 1.29 is 18.3 Å². The minimum atomic E-state index is -0.809. The van der Waals surface area contributed by atoms with Gasteiger partial charge in [0.15, 0.2) is 5.82 Å². The Morgan fingerprint density at radius 2 is 1.97 bits per heavy atom. The van der Waals surface area contributed by atoms with Crippen LogP contribution < -0.4 is 5.56 Å². The summed E-state index contributed by atoms with van der Waals surface area (Å²) in [7, 11) is 0. The van der Waals surface area contributed by atoms with Crippen molar-refractivity contribution in [3.05, 3.63) is 87.2 Å². The van der Waals surface area contributed by atoms with E-state index in [1.807, 2.05) is 23.2 Å². The summed E-state index contributed by atoms with van der Waals surface area (Å²) in [5, 5.41) is 4.47. The quantitative estimate of drug-likeness (QED) is 0.429. The van der Waals surface area contributed by atoms with Crippen LogP contribution in [0.4, 0.5) is 8.78 Å². The summed E-state index contributed by atoms with van der Waals surface area (Å²) in [4.78, 5) is 22.7. The number of benzene rings is 1. The standard InChI is InChI=1S/C26H21F2N5O3/c27-16-1-4-18(20(28)8-16)25-31-21(9-24-30-22-13-35-12-19(22)26(34)33(24)25)14-5-6-36-23(7-14)15-10-29-32(11-15)17-2-3-17/h1,4,7-11,17,23H,2-3,5-6,12-13H2. The second kappa shape index (κ2) is 8.14. The van der Waals surface area contributed by atoms with E-state index >= 15 is 0 Å². The van der Waals surface area contributed by atoms with Gasteiger partial charge in [0.1, 0.15) is 23.4 Å². The number of aromatic nitrogens is 5. The second-order valence-corrected chi connectivity index (χ2v) is 9.34. The lowest BCUT2D eigenvalue weighted by Gasteiger charge is -2.22. The van der Waals surface area contributed by atoms with Crippen molar-refractivity contribution in [2.75, 3.05) is 6.61 Å². The van der Waals surface area contributed by atoms with E-state index in [1.165, 1.54) is 10.5 Å². The first-order valence-electron chi connectivity index (χ1n) is 11.9. The number of hydrogen-bond donors (Lipinski definition) is 0. The van der Waals surface area contributed by atoms with Gasteiger partial charge in [0, 0.05) is 23.9 Å². The summed E-state index contributed by atoms with van der Waals surface area (Å²) in [6.07, 6.45) is 8.38. The highest BCUT2D eigenvalue weighted by atomic mass is 19.1. The van der Waals surface area contributed by atoms with Gasteiger partial charge < -0.3 is 9.47 Å². The van der Waals surface area contributed by atoms with Crippen LogP contribution in [0.2, 0.25) is 0 Å². The van der Waals surface area contributed by atoms with Crippen LogP contribution in [0, 0.1) is 11.6 Å². The van der Waals surface area contributed by atoms with Gasteiger partial charge in [-0.3, -0.25) is 9.48 Å². The van der Waals surface area contributed by atoms with Crippen molar-refractivity contribution in [2.24, 2.45) is 0 Å². The highest BCUT2D eigenvalue weighted by molar-refractivity contribution is 5.71. The van der Waals surface area contributed by atoms with E-state index in [0.29, 0.717) is 41.7 Å². The number of fused-ring (bicyclic) bond motifs is 2. The van der Waals surface area contributed by atoms with Crippen LogP contribution in [-0.4, -0.2) is 30.8 Å².